The van der Waals surface area contributed by atoms with Gasteiger partial charge >= 0.3 is 11.7 Å². The molecule has 2 rings (SSSR count). The van der Waals surface area contributed by atoms with Crippen LogP contribution < -0.4 is 4.90 Å². The van der Waals surface area contributed by atoms with Crippen LogP contribution in [0.15, 0.2) is 6.07 Å². The van der Waals surface area contributed by atoms with Gasteiger partial charge in [-0.25, -0.2) is 4.79 Å². The third kappa shape index (κ3) is 3.19. The van der Waals surface area contributed by atoms with Gasteiger partial charge in [0.05, 0.1) is 22.5 Å². The lowest BCUT2D eigenvalue weighted by atomic mass is 10.0. The number of nitro groups is 2. The molecule has 1 aliphatic rings. The summed E-state index contributed by atoms with van der Waals surface area (Å²) in [7, 11) is 1.11. The molecule has 1 aromatic carbocycles. The minimum atomic E-state index is -0.881. The summed E-state index contributed by atoms with van der Waals surface area (Å²) in [5.41, 5.74) is -1.57. The van der Waals surface area contributed by atoms with Crippen LogP contribution in [-0.2, 0) is 4.74 Å². The van der Waals surface area contributed by atoms with Crippen molar-refractivity contribution in [1.82, 2.24) is 0 Å². The lowest BCUT2D eigenvalue weighted by molar-refractivity contribution is -0.393. The predicted octanol–water partition coefficient (Wildman–Crippen LogP) is 2.93. The van der Waals surface area contributed by atoms with E-state index in [1.54, 1.807) is 4.90 Å². The zero-order chi connectivity index (χ0) is 17.1. The van der Waals surface area contributed by atoms with Crippen molar-refractivity contribution in [1.29, 1.82) is 0 Å². The summed E-state index contributed by atoms with van der Waals surface area (Å²) >= 11 is 5.88. The van der Waals surface area contributed by atoms with Crippen LogP contribution in [-0.4, -0.2) is 36.0 Å². The van der Waals surface area contributed by atoms with Crippen LogP contribution in [0.2, 0.25) is 5.02 Å². The zero-order valence-corrected chi connectivity index (χ0v) is 13.0. The highest BCUT2D eigenvalue weighted by molar-refractivity contribution is 6.35. The standard InChI is InChI=1S/C13H14ClN3O6/c1-23-13(18)8-7-9(16(19)20)10(14)12(17(21)22)11(8)15-5-3-2-4-6-15/h7H,2-6H2,1H3. The first-order chi connectivity index (χ1) is 10.9. The predicted molar refractivity (Wildman–Crippen MR) is 82.2 cm³/mol. The van der Waals surface area contributed by atoms with E-state index in [4.69, 9.17) is 11.6 Å². The molecule has 1 fully saturated rings. The molecule has 0 spiro atoms. The van der Waals surface area contributed by atoms with Crippen LogP contribution in [0.5, 0.6) is 0 Å². The van der Waals surface area contributed by atoms with Crippen molar-refractivity contribution in [2.45, 2.75) is 19.3 Å². The van der Waals surface area contributed by atoms with Gasteiger partial charge in [-0.15, -0.1) is 0 Å². The number of esters is 1. The summed E-state index contributed by atoms with van der Waals surface area (Å²) < 4.78 is 4.62. The third-order valence-corrected chi connectivity index (χ3v) is 4.02. The van der Waals surface area contributed by atoms with Crippen LogP contribution in [0.4, 0.5) is 17.1 Å². The van der Waals surface area contributed by atoms with Crippen LogP contribution in [0, 0.1) is 20.2 Å². The van der Waals surface area contributed by atoms with Gasteiger partial charge in [-0.05, 0) is 19.3 Å². The molecule has 1 aromatic rings. The van der Waals surface area contributed by atoms with Crippen LogP contribution in [0.1, 0.15) is 29.6 Å². The average Bonchev–Trinajstić information content (AvgIpc) is 2.53. The molecule has 0 saturated carbocycles. The molecular weight excluding hydrogens is 330 g/mol. The Morgan fingerprint density at radius 2 is 1.83 bits per heavy atom. The van der Waals surface area contributed by atoms with Gasteiger partial charge in [0.15, 0.2) is 5.02 Å². The summed E-state index contributed by atoms with van der Waals surface area (Å²) in [6.07, 6.45) is 2.57. The fourth-order valence-corrected chi connectivity index (χ4v) is 2.91. The number of hydrogen-bond donors (Lipinski definition) is 0. The van der Waals surface area contributed by atoms with Gasteiger partial charge in [0.2, 0.25) is 0 Å². The fraction of sp³-hybridized carbons (Fsp3) is 0.462. The molecule has 0 unspecified atom stereocenters. The Labute approximate surface area is 136 Å². The number of nitrogens with zero attached hydrogens (tertiary/aromatic N) is 3. The van der Waals surface area contributed by atoms with Crippen LogP contribution in [0.3, 0.4) is 0 Å². The van der Waals surface area contributed by atoms with Crippen molar-refractivity contribution < 1.29 is 19.4 Å². The quantitative estimate of drug-likeness (QED) is 0.468. The van der Waals surface area contributed by atoms with Gasteiger partial charge in [0.1, 0.15) is 5.69 Å². The molecule has 10 heteroatoms. The van der Waals surface area contributed by atoms with E-state index in [9.17, 15) is 25.0 Å². The van der Waals surface area contributed by atoms with Crippen molar-refractivity contribution in [3.05, 3.63) is 36.9 Å². The average molecular weight is 344 g/mol. The minimum Gasteiger partial charge on any atom is -0.465 e. The summed E-state index contributed by atoms with van der Waals surface area (Å²) in [5, 5.41) is 21.9. The Morgan fingerprint density at radius 1 is 1.22 bits per heavy atom. The van der Waals surface area contributed by atoms with E-state index in [2.05, 4.69) is 4.74 Å². The first kappa shape index (κ1) is 16.9. The van der Waals surface area contributed by atoms with Gasteiger partial charge in [-0.2, -0.15) is 0 Å². The Bertz CT molecular complexity index is 672. The van der Waals surface area contributed by atoms with E-state index in [1.165, 1.54) is 0 Å². The van der Waals surface area contributed by atoms with Crippen molar-refractivity contribution in [2.24, 2.45) is 0 Å². The van der Waals surface area contributed by atoms with E-state index in [0.717, 1.165) is 32.4 Å². The zero-order valence-electron chi connectivity index (χ0n) is 12.3. The highest BCUT2D eigenvalue weighted by Crippen LogP contribution is 2.44. The fourth-order valence-electron chi connectivity index (χ4n) is 2.62. The molecule has 0 bridgehead atoms. The van der Waals surface area contributed by atoms with E-state index in [1.807, 2.05) is 0 Å². The number of hydrogen-bond acceptors (Lipinski definition) is 7. The Kier molecular flexibility index (Phi) is 4.99. The Morgan fingerprint density at radius 3 is 2.30 bits per heavy atom. The highest BCUT2D eigenvalue weighted by atomic mass is 35.5. The Balaban J connectivity index is 2.78. The number of piperidine rings is 1. The number of benzene rings is 1. The first-order valence-corrected chi connectivity index (χ1v) is 7.24. The summed E-state index contributed by atoms with van der Waals surface area (Å²) in [6.45, 7) is 0.998. The molecule has 124 valence electrons. The number of rotatable bonds is 4. The smallest absolute Gasteiger partial charge is 0.340 e. The number of methoxy groups -OCH3 is 1. The number of nitro benzene ring substituents is 2. The number of halogens is 1. The number of carbonyl (C=O) groups is 1. The van der Waals surface area contributed by atoms with Crippen molar-refractivity contribution in [2.75, 3.05) is 25.1 Å². The summed E-state index contributed by atoms with van der Waals surface area (Å²) in [4.78, 5) is 34.5. The van der Waals surface area contributed by atoms with Gasteiger partial charge in [0, 0.05) is 19.2 Å². The van der Waals surface area contributed by atoms with E-state index < -0.39 is 32.2 Å². The second-order valence-corrected chi connectivity index (χ2v) is 5.39. The topological polar surface area (TPSA) is 116 Å². The van der Waals surface area contributed by atoms with Crippen molar-refractivity contribution in [3.63, 3.8) is 0 Å². The first-order valence-electron chi connectivity index (χ1n) is 6.87. The molecule has 1 heterocycles. The minimum absolute atomic E-state index is 0.0165. The molecule has 0 aliphatic carbocycles. The number of anilines is 1. The van der Waals surface area contributed by atoms with Gasteiger partial charge in [-0.1, -0.05) is 11.6 Å². The molecule has 1 saturated heterocycles. The largest absolute Gasteiger partial charge is 0.465 e. The third-order valence-electron chi connectivity index (χ3n) is 3.65. The van der Waals surface area contributed by atoms with Gasteiger partial charge < -0.3 is 9.64 Å². The maximum absolute atomic E-state index is 12.0. The van der Waals surface area contributed by atoms with E-state index in [-0.39, 0.29) is 11.3 Å². The molecule has 0 N–H and O–H groups in total. The molecule has 0 atom stereocenters. The normalized spacial score (nSPS) is 14.4. The van der Waals surface area contributed by atoms with E-state index >= 15 is 0 Å². The Hall–Kier alpha value is -2.42. The number of ether oxygens (including phenoxy) is 1. The van der Waals surface area contributed by atoms with Crippen molar-refractivity contribution >= 4 is 34.6 Å². The maximum Gasteiger partial charge on any atom is 0.340 e. The molecule has 0 amide bonds. The molecule has 0 radical (unpaired) electrons. The lowest BCUT2D eigenvalue weighted by Crippen LogP contribution is -2.31. The van der Waals surface area contributed by atoms with Crippen LogP contribution >= 0.6 is 11.6 Å². The highest BCUT2D eigenvalue weighted by Gasteiger charge is 2.36. The van der Waals surface area contributed by atoms with Gasteiger partial charge in [-0.3, -0.25) is 20.2 Å². The molecule has 0 aromatic heterocycles. The maximum atomic E-state index is 12.0. The molecule has 9 nitrogen and oxygen atoms in total. The van der Waals surface area contributed by atoms with Crippen LogP contribution in [0.25, 0.3) is 0 Å². The van der Waals surface area contributed by atoms with E-state index in [0.29, 0.717) is 13.1 Å². The second kappa shape index (κ2) is 6.78. The van der Waals surface area contributed by atoms with Gasteiger partial charge in [0.25, 0.3) is 5.69 Å². The van der Waals surface area contributed by atoms with Crippen molar-refractivity contribution in [3.8, 4) is 0 Å². The summed E-state index contributed by atoms with van der Waals surface area (Å²) in [6, 6.07) is 0.936. The SMILES string of the molecule is COC(=O)c1cc([N+](=O)[O-])c(Cl)c([N+](=O)[O-])c1N1CCCCC1. The monoisotopic (exact) mass is 343 g/mol. The molecular formula is C13H14ClN3O6. The number of carbonyl (C=O) groups excluding carboxylic acids is 1. The molecule has 23 heavy (non-hydrogen) atoms. The second-order valence-electron chi connectivity index (χ2n) is 5.01. The lowest BCUT2D eigenvalue weighted by Gasteiger charge is -2.29. The molecule has 1 aliphatic heterocycles. The summed E-state index contributed by atoms with van der Waals surface area (Å²) in [5.74, 6) is -0.881.